The molecule has 4 nitrogen and oxygen atoms in total. The Kier molecular flexibility index (Phi) is 3.46. The van der Waals surface area contributed by atoms with Crippen molar-refractivity contribution < 1.29 is 23.4 Å². The molecule has 5 aliphatic carbocycles. The number of allylic oxidation sites excluding steroid dienone is 4. The Morgan fingerprint density at radius 1 is 1.24 bits per heavy atom. The fourth-order valence-corrected chi connectivity index (χ4v) is 6.82. The van der Waals surface area contributed by atoms with Crippen molar-refractivity contribution in [2.75, 3.05) is 20.3 Å². The summed E-state index contributed by atoms with van der Waals surface area (Å²) in [7, 11) is 1.45. The van der Waals surface area contributed by atoms with E-state index in [0.29, 0.717) is 49.7 Å². The Hall–Kier alpha value is -1.20. The first-order chi connectivity index (χ1) is 12.1. The minimum absolute atomic E-state index is 0.171. The molecule has 0 aromatic carbocycles. The summed E-state index contributed by atoms with van der Waals surface area (Å²) in [5, 5.41) is 0. The van der Waals surface area contributed by atoms with Crippen LogP contribution in [0.25, 0.3) is 0 Å². The van der Waals surface area contributed by atoms with E-state index >= 15 is 0 Å². The molecule has 1 spiro atoms. The predicted molar refractivity (Wildman–Crippen MR) is 88.2 cm³/mol. The standard InChI is InChI=1S/C20H25FO4/c1-23-18(22)11-19(12-2-4-15(21)5-3-12)13-8-14-10-16(19)17(9-13)20(14)24-6-7-25-20/h2-4,13-17H,5-11H2,1H3. The second kappa shape index (κ2) is 5.40. The molecule has 6 aliphatic rings. The van der Waals surface area contributed by atoms with Crippen LogP contribution < -0.4 is 0 Å². The molecule has 5 fully saturated rings. The van der Waals surface area contributed by atoms with Gasteiger partial charge in [0, 0.05) is 23.7 Å². The summed E-state index contributed by atoms with van der Waals surface area (Å²) in [6, 6.07) is 0. The summed E-state index contributed by atoms with van der Waals surface area (Å²) in [6.07, 6.45) is 8.54. The van der Waals surface area contributed by atoms with Crippen LogP contribution in [-0.4, -0.2) is 38.3 Å². The van der Waals surface area contributed by atoms with E-state index in [-0.39, 0.29) is 11.4 Å². The van der Waals surface area contributed by atoms with Gasteiger partial charge in [-0.3, -0.25) is 4.79 Å². The molecular formula is C20H25FO4. The molecule has 1 heterocycles. The normalized spacial score (nSPS) is 46.0. The minimum atomic E-state index is -0.915. The predicted octanol–water partition coefficient (Wildman–Crippen LogP) is 3.18. The highest BCUT2D eigenvalue weighted by molar-refractivity contribution is 5.71. The SMILES string of the molecule is COC(=O)CC1(C2=CCC(F)C=C2)C2CC3CC1C(C2)C31OCCO1. The number of halogens is 1. The Balaban J connectivity index is 1.57. The van der Waals surface area contributed by atoms with Crippen molar-refractivity contribution in [2.45, 2.75) is 44.1 Å². The summed E-state index contributed by atoms with van der Waals surface area (Å²) >= 11 is 0. The third-order valence-electron chi connectivity index (χ3n) is 7.60. The van der Waals surface area contributed by atoms with Crippen LogP contribution in [0.1, 0.15) is 32.1 Å². The lowest BCUT2D eigenvalue weighted by molar-refractivity contribution is -0.224. The molecule has 0 radical (unpaired) electrons. The number of methoxy groups -OCH3 is 1. The van der Waals surface area contributed by atoms with Gasteiger partial charge < -0.3 is 14.2 Å². The topological polar surface area (TPSA) is 44.8 Å². The maximum Gasteiger partial charge on any atom is 0.306 e. The van der Waals surface area contributed by atoms with Crippen LogP contribution in [0.4, 0.5) is 4.39 Å². The highest BCUT2D eigenvalue weighted by atomic mass is 19.1. The molecule has 0 aromatic heterocycles. The molecule has 136 valence electrons. The van der Waals surface area contributed by atoms with Gasteiger partial charge in [-0.2, -0.15) is 0 Å². The lowest BCUT2D eigenvalue weighted by atomic mass is 9.58. The van der Waals surface area contributed by atoms with Gasteiger partial charge in [-0.15, -0.1) is 0 Å². The van der Waals surface area contributed by atoms with Crippen molar-refractivity contribution in [3.8, 4) is 0 Å². The smallest absolute Gasteiger partial charge is 0.306 e. The zero-order valence-electron chi connectivity index (χ0n) is 14.6. The zero-order chi connectivity index (χ0) is 17.2. The molecule has 1 saturated heterocycles. The van der Waals surface area contributed by atoms with Crippen LogP contribution in [-0.2, 0) is 19.0 Å². The van der Waals surface area contributed by atoms with E-state index in [1.165, 1.54) is 7.11 Å². The molecule has 4 bridgehead atoms. The highest BCUT2D eigenvalue weighted by Gasteiger charge is 2.74. The molecule has 6 unspecified atom stereocenters. The monoisotopic (exact) mass is 348 g/mol. The fraction of sp³-hybridized carbons (Fsp3) is 0.750. The van der Waals surface area contributed by atoms with Gasteiger partial charge in [-0.05, 0) is 36.7 Å². The number of carbonyl (C=O) groups excluding carboxylic acids is 1. The van der Waals surface area contributed by atoms with Crippen LogP contribution in [0.5, 0.6) is 0 Å². The average Bonchev–Trinajstić information content (AvgIpc) is 3.22. The Morgan fingerprint density at radius 3 is 2.68 bits per heavy atom. The lowest BCUT2D eigenvalue weighted by Gasteiger charge is -2.47. The van der Waals surface area contributed by atoms with E-state index in [0.717, 1.165) is 24.8 Å². The van der Waals surface area contributed by atoms with E-state index in [9.17, 15) is 9.18 Å². The third-order valence-corrected chi connectivity index (χ3v) is 7.60. The van der Waals surface area contributed by atoms with Crippen molar-refractivity contribution >= 4 is 5.97 Å². The molecule has 0 amide bonds. The van der Waals surface area contributed by atoms with E-state index < -0.39 is 12.0 Å². The summed E-state index contributed by atoms with van der Waals surface area (Å²) in [6.45, 7) is 1.33. The van der Waals surface area contributed by atoms with Crippen LogP contribution in [0.3, 0.4) is 0 Å². The first kappa shape index (κ1) is 16.0. The number of rotatable bonds is 3. The minimum Gasteiger partial charge on any atom is -0.469 e. The van der Waals surface area contributed by atoms with Crippen molar-refractivity contribution in [2.24, 2.45) is 29.1 Å². The molecule has 6 atom stereocenters. The quantitative estimate of drug-likeness (QED) is 0.735. The van der Waals surface area contributed by atoms with Gasteiger partial charge in [0.15, 0.2) is 5.79 Å². The van der Waals surface area contributed by atoms with Gasteiger partial charge >= 0.3 is 5.97 Å². The maximum absolute atomic E-state index is 13.6. The number of esters is 1. The van der Waals surface area contributed by atoms with Gasteiger partial charge in [0.1, 0.15) is 6.17 Å². The molecule has 1 aliphatic heterocycles. The fourth-order valence-electron chi connectivity index (χ4n) is 6.82. The largest absolute Gasteiger partial charge is 0.469 e. The first-order valence-corrected chi connectivity index (χ1v) is 9.48. The van der Waals surface area contributed by atoms with E-state index in [4.69, 9.17) is 14.2 Å². The number of carbonyl (C=O) groups is 1. The summed E-state index contributed by atoms with van der Waals surface area (Å²) in [5.41, 5.74) is 0.891. The summed E-state index contributed by atoms with van der Waals surface area (Å²) in [5.74, 6) is 0.930. The average molecular weight is 348 g/mol. The van der Waals surface area contributed by atoms with Gasteiger partial charge in [-0.1, -0.05) is 18.2 Å². The van der Waals surface area contributed by atoms with Crippen LogP contribution >= 0.6 is 0 Å². The van der Waals surface area contributed by atoms with Crippen LogP contribution in [0.15, 0.2) is 23.8 Å². The third kappa shape index (κ3) is 1.97. The highest BCUT2D eigenvalue weighted by Crippen LogP contribution is 2.74. The molecule has 0 N–H and O–H groups in total. The summed E-state index contributed by atoms with van der Waals surface area (Å²) in [4.78, 5) is 12.3. The van der Waals surface area contributed by atoms with Gasteiger partial charge in [0.2, 0.25) is 0 Å². The van der Waals surface area contributed by atoms with E-state index in [2.05, 4.69) is 0 Å². The lowest BCUT2D eigenvalue weighted by Crippen LogP contribution is -2.46. The van der Waals surface area contributed by atoms with E-state index in [1.54, 1.807) is 6.08 Å². The number of hydrogen-bond donors (Lipinski definition) is 0. The van der Waals surface area contributed by atoms with Gasteiger partial charge in [0.25, 0.3) is 0 Å². The number of ether oxygens (including phenoxy) is 3. The second-order valence-electron chi connectivity index (χ2n) is 8.30. The van der Waals surface area contributed by atoms with Crippen molar-refractivity contribution in [1.82, 2.24) is 0 Å². The van der Waals surface area contributed by atoms with Crippen molar-refractivity contribution in [3.05, 3.63) is 23.8 Å². The zero-order valence-corrected chi connectivity index (χ0v) is 14.6. The van der Waals surface area contributed by atoms with Gasteiger partial charge in [0.05, 0.1) is 26.7 Å². The Bertz CT molecular complexity index is 646. The van der Waals surface area contributed by atoms with Crippen molar-refractivity contribution in [1.29, 1.82) is 0 Å². The maximum atomic E-state index is 13.6. The number of hydrogen-bond acceptors (Lipinski definition) is 4. The number of alkyl halides is 1. The molecule has 6 rings (SSSR count). The van der Waals surface area contributed by atoms with E-state index in [1.807, 2.05) is 12.2 Å². The second-order valence-corrected chi connectivity index (χ2v) is 8.30. The molecular weight excluding hydrogens is 323 g/mol. The first-order valence-electron chi connectivity index (χ1n) is 9.48. The van der Waals surface area contributed by atoms with Crippen molar-refractivity contribution in [3.63, 3.8) is 0 Å². The Labute approximate surface area is 147 Å². The Morgan fingerprint density at radius 2 is 2.00 bits per heavy atom. The van der Waals surface area contributed by atoms with Crippen LogP contribution in [0, 0.1) is 29.1 Å². The molecule has 5 heteroatoms. The van der Waals surface area contributed by atoms with Gasteiger partial charge in [-0.25, -0.2) is 4.39 Å². The molecule has 4 saturated carbocycles. The molecule has 25 heavy (non-hydrogen) atoms. The summed E-state index contributed by atoms with van der Waals surface area (Å²) < 4.78 is 31.0. The molecule has 0 aromatic rings. The van der Waals surface area contributed by atoms with Crippen LogP contribution in [0.2, 0.25) is 0 Å².